The molecular weight excluding hydrogens is 250 g/mol. The second-order valence-electron chi connectivity index (χ2n) is 5.27. The number of benzene rings is 1. The van der Waals surface area contributed by atoms with Crippen LogP contribution in [0.4, 0.5) is 0 Å². The summed E-state index contributed by atoms with van der Waals surface area (Å²) in [4.78, 5) is 2.47. The zero-order valence-corrected chi connectivity index (χ0v) is 12.4. The molecule has 2 rings (SSSR count). The minimum Gasteiger partial charge on any atom is -0.495 e. The van der Waals surface area contributed by atoms with Crippen LogP contribution in [0.15, 0.2) is 18.2 Å². The standard InChI is InChI=1S/C17H23NO2/c1-3-18(12-14-6-7-14)13-15-8-9-17(20-2)16(11-15)5-4-10-19/h8-9,11,14,19H,3,6-7,10,12-13H2,1-2H3. The highest BCUT2D eigenvalue weighted by Gasteiger charge is 2.23. The lowest BCUT2D eigenvalue weighted by Crippen LogP contribution is -2.25. The van der Waals surface area contributed by atoms with Gasteiger partial charge in [-0.1, -0.05) is 24.8 Å². The molecule has 20 heavy (non-hydrogen) atoms. The Kier molecular flexibility index (Phi) is 5.46. The molecule has 0 saturated heterocycles. The van der Waals surface area contributed by atoms with Crippen LogP contribution in [-0.2, 0) is 6.54 Å². The Labute approximate surface area is 121 Å². The van der Waals surface area contributed by atoms with Gasteiger partial charge in [0.2, 0.25) is 0 Å². The van der Waals surface area contributed by atoms with Crippen molar-refractivity contribution in [3.05, 3.63) is 29.3 Å². The van der Waals surface area contributed by atoms with E-state index < -0.39 is 0 Å². The molecule has 0 aromatic heterocycles. The third-order valence-corrected chi connectivity index (χ3v) is 3.63. The molecule has 1 aliphatic carbocycles. The fourth-order valence-corrected chi connectivity index (χ4v) is 2.32. The van der Waals surface area contributed by atoms with E-state index in [4.69, 9.17) is 9.84 Å². The summed E-state index contributed by atoms with van der Waals surface area (Å²) in [5, 5.41) is 8.83. The molecular formula is C17H23NO2. The number of ether oxygens (including phenoxy) is 1. The van der Waals surface area contributed by atoms with E-state index in [1.807, 2.05) is 6.07 Å². The molecule has 1 aromatic rings. The van der Waals surface area contributed by atoms with Crippen LogP contribution in [0.25, 0.3) is 0 Å². The molecule has 0 amide bonds. The molecule has 1 aromatic carbocycles. The molecule has 0 aliphatic heterocycles. The van der Waals surface area contributed by atoms with Gasteiger partial charge in [0.25, 0.3) is 0 Å². The van der Waals surface area contributed by atoms with Gasteiger partial charge in [0.1, 0.15) is 12.4 Å². The van der Waals surface area contributed by atoms with Crippen LogP contribution in [0, 0.1) is 17.8 Å². The number of methoxy groups -OCH3 is 1. The van der Waals surface area contributed by atoms with Gasteiger partial charge in [0.05, 0.1) is 12.7 Å². The molecule has 0 radical (unpaired) electrons. The van der Waals surface area contributed by atoms with E-state index in [0.717, 1.165) is 30.3 Å². The number of nitrogens with zero attached hydrogens (tertiary/aromatic N) is 1. The van der Waals surface area contributed by atoms with E-state index in [1.165, 1.54) is 24.9 Å². The van der Waals surface area contributed by atoms with E-state index >= 15 is 0 Å². The molecule has 1 fully saturated rings. The van der Waals surface area contributed by atoms with Gasteiger partial charge in [-0.25, -0.2) is 0 Å². The van der Waals surface area contributed by atoms with Crippen molar-refractivity contribution < 1.29 is 9.84 Å². The van der Waals surface area contributed by atoms with Crippen LogP contribution >= 0.6 is 0 Å². The zero-order valence-electron chi connectivity index (χ0n) is 12.4. The van der Waals surface area contributed by atoms with Crippen LogP contribution in [0.1, 0.15) is 30.9 Å². The molecule has 0 spiro atoms. The second-order valence-corrected chi connectivity index (χ2v) is 5.27. The molecule has 1 saturated carbocycles. The van der Waals surface area contributed by atoms with Crippen molar-refractivity contribution in [2.24, 2.45) is 5.92 Å². The fraction of sp³-hybridized carbons (Fsp3) is 0.529. The topological polar surface area (TPSA) is 32.7 Å². The highest BCUT2D eigenvalue weighted by atomic mass is 16.5. The minimum atomic E-state index is -0.129. The largest absolute Gasteiger partial charge is 0.495 e. The lowest BCUT2D eigenvalue weighted by Gasteiger charge is -2.20. The Bertz CT molecular complexity index is 497. The highest BCUT2D eigenvalue weighted by Crippen LogP contribution is 2.30. The van der Waals surface area contributed by atoms with Gasteiger partial charge in [-0.05, 0) is 43.0 Å². The Morgan fingerprint density at radius 2 is 2.20 bits per heavy atom. The lowest BCUT2D eigenvalue weighted by molar-refractivity contribution is 0.268. The van der Waals surface area contributed by atoms with E-state index in [2.05, 4.69) is 35.8 Å². The normalized spacial score (nSPS) is 14.0. The van der Waals surface area contributed by atoms with Gasteiger partial charge >= 0.3 is 0 Å². The van der Waals surface area contributed by atoms with Crippen molar-refractivity contribution in [3.8, 4) is 17.6 Å². The first-order valence-corrected chi connectivity index (χ1v) is 7.25. The molecule has 1 aliphatic rings. The molecule has 0 atom stereocenters. The van der Waals surface area contributed by atoms with E-state index in [9.17, 15) is 0 Å². The van der Waals surface area contributed by atoms with Crippen molar-refractivity contribution >= 4 is 0 Å². The summed E-state index contributed by atoms with van der Waals surface area (Å²) in [6, 6.07) is 6.12. The van der Waals surface area contributed by atoms with Gasteiger partial charge in [-0.3, -0.25) is 4.90 Å². The predicted molar refractivity (Wildman–Crippen MR) is 80.6 cm³/mol. The van der Waals surface area contributed by atoms with Gasteiger partial charge in [0.15, 0.2) is 0 Å². The van der Waals surface area contributed by atoms with Crippen molar-refractivity contribution in [1.82, 2.24) is 4.90 Å². The monoisotopic (exact) mass is 273 g/mol. The summed E-state index contributed by atoms with van der Waals surface area (Å²) in [6.07, 6.45) is 2.76. The first kappa shape index (κ1) is 14.9. The third-order valence-electron chi connectivity index (χ3n) is 3.63. The number of aliphatic hydroxyl groups is 1. The molecule has 1 N–H and O–H groups in total. The van der Waals surface area contributed by atoms with E-state index in [0.29, 0.717) is 0 Å². The Hall–Kier alpha value is -1.50. The summed E-state index contributed by atoms with van der Waals surface area (Å²) >= 11 is 0. The van der Waals surface area contributed by atoms with Gasteiger partial charge in [0, 0.05) is 13.1 Å². The minimum absolute atomic E-state index is 0.129. The number of hydrogen-bond acceptors (Lipinski definition) is 3. The number of rotatable bonds is 6. The molecule has 0 heterocycles. The van der Waals surface area contributed by atoms with Gasteiger partial charge in [-0.2, -0.15) is 0 Å². The number of hydrogen-bond donors (Lipinski definition) is 1. The SMILES string of the molecule is CCN(Cc1ccc(OC)c(C#CCO)c1)CC1CC1. The molecule has 0 bridgehead atoms. The van der Waals surface area contributed by atoms with Crippen molar-refractivity contribution in [3.63, 3.8) is 0 Å². The molecule has 108 valence electrons. The van der Waals surface area contributed by atoms with Crippen LogP contribution in [0.3, 0.4) is 0 Å². The Morgan fingerprint density at radius 1 is 1.40 bits per heavy atom. The fourth-order valence-electron chi connectivity index (χ4n) is 2.32. The average Bonchev–Trinajstić information content (AvgIpc) is 3.28. The molecule has 3 heteroatoms. The summed E-state index contributed by atoms with van der Waals surface area (Å²) in [5.41, 5.74) is 2.09. The highest BCUT2D eigenvalue weighted by molar-refractivity contribution is 5.48. The van der Waals surface area contributed by atoms with Crippen molar-refractivity contribution in [2.45, 2.75) is 26.3 Å². The smallest absolute Gasteiger partial charge is 0.134 e. The maximum atomic E-state index is 8.83. The van der Waals surface area contributed by atoms with Crippen LogP contribution < -0.4 is 4.74 Å². The van der Waals surface area contributed by atoms with E-state index in [-0.39, 0.29) is 6.61 Å². The summed E-state index contributed by atoms with van der Waals surface area (Å²) in [5.74, 6) is 7.31. The summed E-state index contributed by atoms with van der Waals surface area (Å²) < 4.78 is 5.31. The molecule has 0 unspecified atom stereocenters. The lowest BCUT2D eigenvalue weighted by atomic mass is 10.1. The second kappa shape index (κ2) is 7.33. The van der Waals surface area contributed by atoms with Crippen molar-refractivity contribution in [2.75, 3.05) is 26.8 Å². The average molecular weight is 273 g/mol. The third kappa shape index (κ3) is 4.26. The molecule has 3 nitrogen and oxygen atoms in total. The summed E-state index contributed by atoms with van der Waals surface area (Å²) in [6.45, 7) is 5.29. The predicted octanol–water partition coefficient (Wildman–Crippen LogP) is 2.27. The quantitative estimate of drug-likeness (QED) is 0.807. The Morgan fingerprint density at radius 3 is 2.80 bits per heavy atom. The first-order chi connectivity index (χ1) is 9.76. The number of aliphatic hydroxyl groups excluding tert-OH is 1. The van der Waals surface area contributed by atoms with Crippen LogP contribution in [0.2, 0.25) is 0 Å². The maximum absolute atomic E-state index is 8.83. The van der Waals surface area contributed by atoms with Gasteiger partial charge in [-0.15, -0.1) is 0 Å². The summed E-state index contributed by atoms with van der Waals surface area (Å²) in [7, 11) is 1.64. The first-order valence-electron chi connectivity index (χ1n) is 7.25. The Balaban J connectivity index is 2.10. The maximum Gasteiger partial charge on any atom is 0.134 e. The van der Waals surface area contributed by atoms with Gasteiger partial charge < -0.3 is 9.84 Å². The van der Waals surface area contributed by atoms with Crippen LogP contribution in [-0.4, -0.2) is 36.8 Å². The van der Waals surface area contributed by atoms with E-state index in [1.54, 1.807) is 7.11 Å². The van der Waals surface area contributed by atoms with Crippen LogP contribution in [0.5, 0.6) is 5.75 Å². The van der Waals surface area contributed by atoms with Crippen molar-refractivity contribution in [1.29, 1.82) is 0 Å². The zero-order chi connectivity index (χ0) is 14.4.